The predicted octanol–water partition coefficient (Wildman–Crippen LogP) is 4.09. The number of nitrogen functional groups attached to an aromatic ring is 1. The molecule has 3 rings (SSSR count). The molecule has 37 heavy (non-hydrogen) atoms. The third kappa shape index (κ3) is 7.51. The van der Waals surface area contributed by atoms with E-state index in [1.54, 1.807) is 6.92 Å². The van der Waals surface area contributed by atoms with Gasteiger partial charge in [-0.3, -0.25) is 19.8 Å². The highest BCUT2D eigenvalue weighted by Gasteiger charge is 2.30. The van der Waals surface area contributed by atoms with Gasteiger partial charge in [-0.1, -0.05) is 37.6 Å². The summed E-state index contributed by atoms with van der Waals surface area (Å²) >= 11 is 0. The summed E-state index contributed by atoms with van der Waals surface area (Å²) in [5, 5.41) is 11.9. The molecule has 0 aliphatic carbocycles. The van der Waals surface area contributed by atoms with E-state index in [9.17, 15) is 14.9 Å². The van der Waals surface area contributed by atoms with Crippen molar-refractivity contribution in [1.29, 1.82) is 0 Å². The Bertz CT molecular complexity index is 1070. The number of nitrogens with zero attached hydrogens (tertiary/aromatic N) is 5. The number of unbranched alkanes of at least 4 members (excludes halogenated alkanes) is 1. The number of carbonyl (C=O) groups excluding carboxylic acids is 1. The number of hydrogen-bond donors (Lipinski definition) is 1. The lowest BCUT2D eigenvalue weighted by Gasteiger charge is -2.27. The minimum Gasteiger partial charge on any atom is -0.465 e. The first-order valence-corrected chi connectivity index (χ1v) is 12.9. The van der Waals surface area contributed by atoms with E-state index in [0.717, 1.165) is 30.5 Å². The van der Waals surface area contributed by atoms with Crippen LogP contribution in [0, 0.1) is 10.1 Å². The van der Waals surface area contributed by atoms with Gasteiger partial charge in [0.15, 0.2) is 0 Å². The van der Waals surface area contributed by atoms with Crippen LogP contribution in [0.4, 0.5) is 17.3 Å². The Hall–Kier alpha value is -3.47. The molecule has 0 saturated carbocycles. The van der Waals surface area contributed by atoms with Gasteiger partial charge in [-0.2, -0.15) is 9.97 Å². The topological polar surface area (TPSA) is 137 Å². The molecule has 11 nitrogen and oxygen atoms in total. The highest BCUT2D eigenvalue weighted by molar-refractivity contribution is 5.78. The molecule has 11 heteroatoms. The average molecular weight is 515 g/mol. The smallest absolute Gasteiger partial charge is 0.353 e. The molecule has 1 saturated heterocycles. The van der Waals surface area contributed by atoms with Gasteiger partial charge in [-0.15, -0.1) is 0 Å². The number of nitro groups is 1. The van der Waals surface area contributed by atoms with Crippen LogP contribution in [0.5, 0.6) is 6.01 Å². The number of aromatic nitrogens is 2. The molecule has 1 aliphatic rings. The standard InChI is InChI=1S/C26H38N6O5/c1-5-7-13-37-26-28-24(27)23(32(34)35)25(29-26)30(17-22(33)36-6-2)15-20-9-8-10-21(14-20)16-31-18(3)11-12-19(31)4/h8-10,14,18-19H,5-7,11-13,15-17H2,1-4H3,(H2,27,28,29). The van der Waals surface area contributed by atoms with Crippen LogP contribution in [-0.2, 0) is 22.6 Å². The van der Waals surface area contributed by atoms with E-state index >= 15 is 0 Å². The fraction of sp³-hybridized carbons (Fsp3) is 0.577. The normalized spacial score (nSPS) is 17.5. The summed E-state index contributed by atoms with van der Waals surface area (Å²) in [7, 11) is 0. The van der Waals surface area contributed by atoms with Crippen LogP contribution in [-0.4, -0.2) is 57.6 Å². The highest BCUT2D eigenvalue weighted by atomic mass is 16.6. The molecule has 1 aromatic heterocycles. The van der Waals surface area contributed by atoms with Crippen LogP contribution >= 0.6 is 0 Å². The summed E-state index contributed by atoms with van der Waals surface area (Å²) in [5.41, 5.74) is 7.51. The van der Waals surface area contributed by atoms with Gasteiger partial charge in [0.1, 0.15) is 6.54 Å². The molecule has 0 bridgehead atoms. The quantitative estimate of drug-likeness (QED) is 0.180. The first-order valence-electron chi connectivity index (χ1n) is 12.9. The summed E-state index contributed by atoms with van der Waals surface area (Å²) < 4.78 is 10.7. The van der Waals surface area contributed by atoms with Gasteiger partial charge >= 0.3 is 17.7 Å². The molecule has 2 unspecified atom stereocenters. The number of rotatable bonds is 13. The molecule has 2 aromatic rings. The van der Waals surface area contributed by atoms with Gasteiger partial charge in [0, 0.05) is 25.2 Å². The molecule has 0 amide bonds. The summed E-state index contributed by atoms with van der Waals surface area (Å²) in [6.45, 7) is 9.49. The van der Waals surface area contributed by atoms with Gasteiger partial charge in [0.05, 0.1) is 18.1 Å². The minimum absolute atomic E-state index is 0.0637. The van der Waals surface area contributed by atoms with Crippen LogP contribution in [0.3, 0.4) is 0 Å². The summed E-state index contributed by atoms with van der Waals surface area (Å²) in [5.74, 6) is -0.927. The van der Waals surface area contributed by atoms with Crippen LogP contribution in [0.25, 0.3) is 0 Å². The van der Waals surface area contributed by atoms with Gasteiger partial charge in [0.25, 0.3) is 0 Å². The van der Waals surface area contributed by atoms with E-state index in [4.69, 9.17) is 15.2 Å². The molecule has 0 radical (unpaired) electrons. The lowest BCUT2D eigenvalue weighted by atomic mass is 10.1. The number of esters is 1. The van der Waals surface area contributed by atoms with Gasteiger partial charge in [-0.05, 0) is 51.2 Å². The number of anilines is 2. The zero-order valence-corrected chi connectivity index (χ0v) is 22.2. The molecule has 202 valence electrons. The summed E-state index contributed by atoms with van der Waals surface area (Å²) in [6.07, 6.45) is 4.02. The predicted molar refractivity (Wildman–Crippen MR) is 141 cm³/mol. The summed E-state index contributed by atoms with van der Waals surface area (Å²) in [4.78, 5) is 36.1. The van der Waals surface area contributed by atoms with Gasteiger partial charge < -0.3 is 20.1 Å². The molecule has 2 atom stereocenters. The Morgan fingerprint density at radius 2 is 1.92 bits per heavy atom. The van der Waals surface area contributed by atoms with Crippen LogP contribution < -0.4 is 15.4 Å². The van der Waals surface area contributed by atoms with Crippen molar-refractivity contribution in [3.05, 3.63) is 45.5 Å². The molecular weight excluding hydrogens is 476 g/mol. The Morgan fingerprint density at radius 1 is 1.22 bits per heavy atom. The second-order valence-electron chi connectivity index (χ2n) is 9.45. The maximum atomic E-state index is 12.5. The zero-order valence-electron chi connectivity index (χ0n) is 22.2. The molecule has 1 fully saturated rings. The summed E-state index contributed by atoms with van der Waals surface area (Å²) in [6, 6.07) is 8.97. The van der Waals surface area contributed by atoms with Crippen molar-refractivity contribution >= 4 is 23.3 Å². The third-order valence-electron chi connectivity index (χ3n) is 6.57. The van der Waals surface area contributed by atoms with Crippen molar-refractivity contribution in [3.63, 3.8) is 0 Å². The molecule has 1 aliphatic heterocycles. The number of likely N-dealkylation sites (tertiary alicyclic amines) is 1. The number of ether oxygens (including phenoxy) is 2. The number of carbonyl (C=O) groups is 1. The fourth-order valence-electron chi connectivity index (χ4n) is 4.59. The van der Waals surface area contributed by atoms with Crippen molar-refractivity contribution in [2.24, 2.45) is 0 Å². The van der Waals surface area contributed by atoms with Crippen molar-refractivity contribution in [2.45, 2.75) is 78.6 Å². The molecule has 2 N–H and O–H groups in total. The first-order chi connectivity index (χ1) is 17.7. The minimum atomic E-state index is -0.634. The van der Waals surface area contributed by atoms with Crippen molar-refractivity contribution in [2.75, 3.05) is 30.4 Å². The number of benzene rings is 1. The molecule has 1 aromatic carbocycles. The number of hydrogen-bond acceptors (Lipinski definition) is 10. The Morgan fingerprint density at radius 3 is 2.57 bits per heavy atom. The average Bonchev–Trinajstić information content (AvgIpc) is 3.15. The van der Waals surface area contributed by atoms with E-state index in [-0.39, 0.29) is 37.3 Å². The van der Waals surface area contributed by atoms with E-state index in [0.29, 0.717) is 18.7 Å². The maximum Gasteiger partial charge on any atom is 0.353 e. The Labute approximate surface area is 218 Å². The van der Waals surface area contributed by atoms with E-state index in [1.807, 2.05) is 19.1 Å². The maximum absolute atomic E-state index is 12.5. The number of nitrogens with two attached hydrogens (primary N) is 1. The van der Waals surface area contributed by atoms with Crippen molar-refractivity contribution in [1.82, 2.24) is 14.9 Å². The lowest BCUT2D eigenvalue weighted by Crippen LogP contribution is -2.33. The highest BCUT2D eigenvalue weighted by Crippen LogP contribution is 2.34. The van der Waals surface area contributed by atoms with Crippen LogP contribution in [0.2, 0.25) is 0 Å². The molecule has 2 heterocycles. The van der Waals surface area contributed by atoms with Gasteiger partial charge in [0.2, 0.25) is 11.6 Å². The fourth-order valence-corrected chi connectivity index (χ4v) is 4.59. The van der Waals surface area contributed by atoms with E-state index in [2.05, 4.69) is 40.8 Å². The van der Waals surface area contributed by atoms with Crippen LogP contribution in [0.1, 0.15) is 64.5 Å². The van der Waals surface area contributed by atoms with Crippen LogP contribution in [0.15, 0.2) is 24.3 Å². The SMILES string of the molecule is CCCCOc1nc(N)c([N+](=O)[O-])c(N(CC(=O)OCC)Cc2cccc(CN3C(C)CCC3C)c2)n1. The third-order valence-corrected chi connectivity index (χ3v) is 6.57. The Kier molecular flexibility index (Phi) is 10.0. The van der Waals surface area contributed by atoms with Crippen molar-refractivity contribution in [3.8, 4) is 6.01 Å². The Balaban J connectivity index is 1.95. The monoisotopic (exact) mass is 514 g/mol. The second kappa shape index (κ2) is 13.2. The van der Waals surface area contributed by atoms with Gasteiger partial charge in [-0.25, -0.2) is 0 Å². The first kappa shape index (κ1) is 28.1. The lowest BCUT2D eigenvalue weighted by molar-refractivity contribution is -0.383. The molecule has 0 spiro atoms. The molecular formula is C26H38N6O5. The zero-order chi connectivity index (χ0) is 26.9. The largest absolute Gasteiger partial charge is 0.465 e. The second-order valence-corrected chi connectivity index (χ2v) is 9.45. The van der Waals surface area contributed by atoms with E-state index < -0.39 is 16.6 Å². The van der Waals surface area contributed by atoms with Crippen molar-refractivity contribution < 1.29 is 19.2 Å². The van der Waals surface area contributed by atoms with E-state index in [1.165, 1.54) is 17.7 Å².